The van der Waals surface area contributed by atoms with Gasteiger partial charge in [0, 0.05) is 32.1 Å². The van der Waals surface area contributed by atoms with Gasteiger partial charge in [-0.25, -0.2) is 0 Å². The number of nitrogens with one attached hydrogen (secondary N) is 1. The zero-order chi connectivity index (χ0) is 12.5. The maximum atomic E-state index is 8.43. The molecule has 1 aliphatic heterocycles. The Balaban J connectivity index is 1.65. The Morgan fingerprint density at radius 3 is 2.17 bits per heavy atom. The Bertz CT molecular complexity index is 422. The predicted octanol–water partition coefficient (Wildman–Crippen LogP) is 1.63. The van der Waals surface area contributed by atoms with E-state index in [1.54, 1.807) is 0 Å². The van der Waals surface area contributed by atoms with Gasteiger partial charge in [0.2, 0.25) is 0 Å². The first kappa shape index (κ1) is 11.7. The summed E-state index contributed by atoms with van der Waals surface area (Å²) in [6.45, 7) is 4.20. The molecule has 1 fully saturated rings. The van der Waals surface area contributed by atoms with Crippen LogP contribution in [0.25, 0.3) is 0 Å². The van der Waals surface area contributed by atoms with Crippen LogP contribution in [-0.4, -0.2) is 48.9 Å². The SMILES string of the molecule is CN1CCN(C(=N)C2Cc3ccccc3C2)CC1. The van der Waals surface area contributed by atoms with Crippen molar-refractivity contribution in [1.29, 1.82) is 5.41 Å². The van der Waals surface area contributed by atoms with E-state index in [2.05, 4.69) is 41.1 Å². The molecule has 0 amide bonds. The summed E-state index contributed by atoms with van der Waals surface area (Å²) in [6.07, 6.45) is 2.11. The van der Waals surface area contributed by atoms with E-state index in [-0.39, 0.29) is 0 Å². The number of benzene rings is 1. The molecule has 1 aromatic rings. The largest absolute Gasteiger partial charge is 0.358 e. The minimum atomic E-state index is 0.408. The van der Waals surface area contributed by atoms with Gasteiger partial charge in [0.05, 0.1) is 5.84 Å². The second-order valence-corrected chi connectivity index (χ2v) is 5.55. The topological polar surface area (TPSA) is 30.3 Å². The van der Waals surface area contributed by atoms with Crippen molar-refractivity contribution in [3.8, 4) is 0 Å². The van der Waals surface area contributed by atoms with Gasteiger partial charge in [-0.15, -0.1) is 0 Å². The summed E-state index contributed by atoms with van der Waals surface area (Å²) in [5, 5.41) is 8.43. The first-order valence-electron chi connectivity index (χ1n) is 6.83. The van der Waals surface area contributed by atoms with Gasteiger partial charge in [-0.05, 0) is 31.0 Å². The quantitative estimate of drug-likeness (QED) is 0.600. The average Bonchev–Trinajstić information content (AvgIpc) is 2.82. The van der Waals surface area contributed by atoms with Gasteiger partial charge in [-0.2, -0.15) is 0 Å². The molecule has 0 atom stereocenters. The monoisotopic (exact) mass is 243 g/mol. The van der Waals surface area contributed by atoms with Gasteiger partial charge in [-0.1, -0.05) is 24.3 Å². The molecule has 18 heavy (non-hydrogen) atoms. The highest BCUT2D eigenvalue weighted by atomic mass is 15.3. The van der Waals surface area contributed by atoms with Crippen molar-refractivity contribution in [1.82, 2.24) is 9.80 Å². The molecule has 3 heteroatoms. The van der Waals surface area contributed by atoms with Crippen LogP contribution < -0.4 is 0 Å². The van der Waals surface area contributed by atoms with Crippen molar-refractivity contribution in [2.45, 2.75) is 12.8 Å². The van der Waals surface area contributed by atoms with E-state index in [0.717, 1.165) is 44.9 Å². The Labute approximate surface area is 109 Å². The highest BCUT2D eigenvalue weighted by Crippen LogP contribution is 2.28. The molecule has 1 N–H and O–H groups in total. The van der Waals surface area contributed by atoms with Crippen LogP contribution in [0.5, 0.6) is 0 Å². The Morgan fingerprint density at radius 1 is 1.06 bits per heavy atom. The summed E-state index contributed by atoms with van der Waals surface area (Å²) in [5.74, 6) is 1.27. The fourth-order valence-electron chi connectivity index (χ4n) is 3.06. The van der Waals surface area contributed by atoms with Gasteiger partial charge in [0.15, 0.2) is 0 Å². The normalized spacial score (nSPS) is 21.1. The minimum absolute atomic E-state index is 0.408. The molecular weight excluding hydrogens is 222 g/mol. The van der Waals surface area contributed by atoms with E-state index in [0.29, 0.717) is 5.92 Å². The van der Waals surface area contributed by atoms with Crippen molar-refractivity contribution in [2.75, 3.05) is 33.2 Å². The molecule has 0 bridgehead atoms. The van der Waals surface area contributed by atoms with Crippen molar-refractivity contribution in [2.24, 2.45) is 5.92 Å². The van der Waals surface area contributed by atoms with Gasteiger partial charge >= 0.3 is 0 Å². The molecule has 1 aromatic carbocycles. The van der Waals surface area contributed by atoms with Crippen LogP contribution in [0.2, 0.25) is 0 Å². The van der Waals surface area contributed by atoms with E-state index in [1.807, 2.05) is 0 Å². The number of likely N-dealkylation sites (N-methyl/N-ethyl adjacent to an activating group) is 1. The molecule has 0 unspecified atom stereocenters. The van der Waals surface area contributed by atoms with E-state index in [4.69, 9.17) is 5.41 Å². The maximum Gasteiger partial charge on any atom is 0.0997 e. The van der Waals surface area contributed by atoms with E-state index in [1.165, 1.54) is 11.1 Å². The zero-order valence-corrected chi connectivity index (χ0v) is 11.0. The summed E-state index contributed by atoms with van der Waals surface area (Å²) < 4.78 is 0. The van der Waals surface area contributed by atoms with Crippen molar-refractivity contribution >= 4 is 5.84 Å². The third kappa shape index (κ3) is 2.15. The highest BCUT2D eigenvalue weighted by molar-refractivity contribution is 5.83. The molecular formula is C15H21N3. The summed E-state index contributed by atoms with van der Waals surface area (Å²) in [4.78, 5) is 4.61. The zero-order valence-electron chi connectivity index (χ0n) is 11.0. The molecule has 1 saturated heterocycles. The van der Waals surface area contributed by atoms with Crippen LogP contribution >= 0.6 is 0 Å². The second kappa shape index (κ2) is 4.73. The lowest BCUT2D eigenvalue weighted by molar-refractivity contribution is 0.209. The molecule has 0 aromatic heterocycles. The standard InChI is InChI=1S/C15H21N3/c1-17-6-8-18(9-7-17)15(16)14-10-12-4-2-3-5-13(12)11-14/h2-5,14,16H,6-11H2,1H3. The summed E-state index contributed by atoms with van der Waals surface area (Å²) in [6, 6.07) is 8.65. The summed E-state index contributed by atoms with van der Waals surface area (Å²) in [7, 11) is 2.16. The van der Waals surface area contributed by atoms with Crippen LogP contribution in [0, 0.1) is 11.3 Å². The maximum absolute atomic E-state index is 8.43. The van der Waals surface area contributed by atoms with E-state index in [9.17, 15) is 0 Å². The van der Waals surface area contributed by atoms with Gasteiger partial charge < -0.3 is 9.80 Å². The average molecular weight is 243 g/mol. The van der Waals surface area contributed by atoms with E-state index >= 15 is 0 Å². The predicted molar refractivity (Wildman–Crippen MR) is 74.1 cm³/mol. The van der Waals surface area contributed by atoms with E-state index < -0.39 is 0 Å². The number of nitrogens with zero attached hydrogens (tertiary/aromatic N) is 2. The first-order valence-corrected chi connectivity index (χ1v) is 6.83. The van der Waals surface area contributed by atoms with Crippen LogP contribution in [0.4, 0.5) is 0 Å². The second-order valence-electron chi connectivity index (χ2n) is 5.55. The lowest BCUT2D eigenvalue weighted by Crippen LogP contribution is -2.48. The van der Waals surface area contributed by atoms with Crippen LogP contribution in [-0.2, 0) is 12.8 Å². The Hall–Kier alpha value is -1.35. The fraction of sp³-hybridized carbons (Fsp3) is 0.533. The van der Waals surface area contributed by atoms with Crippen molar-refractivity contribution in [3.05, 3.63) is 35.4 Å². The lowest BCUT2D eigenvalue weighted by atomic mass is 10.0. The molecule has 3 nitrogen and oxygen atoms in total. The number of amidine groups is 1. The van der Waals surface area contributed by atoms with Crippen LogP contribution in [0.1, 0.15) is 11.1 Å². The third-order valence-corrected chi connectivity index (χ3v) is 4.28. The molecule has 1 heterocycles. The number of hydrogen-bond acceptors (Lipinski definition) is 2. The molecule has 0 spiro atoms. The van der Waals surface area contributed by atoms with Crippen molar-refractivity contribution < 1.29 is 0 Å². The number of hydrogen-bond donors (Lipinski definition) is 1. The highest BCUT2D eigenvalue weighted by Gasteiger charge is 2.28. The van der Waals surface area contributed by atoms with Crippen LogP contribution in [0.3, 0.4) is 0 Å². The molecule has 0 radical (unpaired) electrons. The molecule has 96 valence electrons. The number of rotatable bonds is 1. The van der Waals surface area contributed by atoms with Gasteiger partial charge in [-0.3, -0.25) is 5.41 Å². The fourth-order valence-corrected chi connectivity index (χ4v) is 3.06. The first-order chi connectivity index (χ1) is 8.74. The van der Waals surface area contributed by atoms with Gasteiger partial charge in [0.1, 0.15) is 0 Å². The molecule has 0 saturated carbocycles. The smallest absolute Gasteiger partial charge is 0.0997 e. The van der Waals surface area contributed by atoms with Crippen LogP contribution in [0.15, 0.2) is 24.3 Å². The third-order valence-electron chi connectivity index (χ3n) is 4.28. The number of piperazine rings is 1. The summed E-state index contributed by atoms with van der Waals surface area (Å²) >= 11 is 0. The molecule has 3 rings (SSSR count). The Morgan fingerprint density at radius 2 is 1.61 bits per heavy atom. The molecule has 1 aliphatic carbocycles. The summed E-state index contributed by atoms with van der Waals surface area (Å²) in [5.41, 5.74) is 2.89. The van der Waals surface area contributed by atoms with Crippen molar-refractivity contribution in [3.63, 3.8) is 0 Å². The molecule has 2 aliphatic rings. The number of fused-ring (bicyclic) bond motifs is 1. The minimum Gasteiger partial charge on any atom is -0.358 e. The van der Waals surface area contributed by atoms with Gasteiger partial charge in [0.25, 0.3) is 0 Å². The lowest BCUT2D eigenvalue weighted by Gasteiger charge is -2.35. The Kier molecular flexibility index (Phi) is 3.08.